The number of pyridine rings is 2. The van der Waals surface area contributed by atoms with Gasteiger partial charge in [-0.2, -0.15) is 0 Å². The maximum absolute atomic E-state index is 14.6. The third-order valence-electron chi connectivity index (χ3n) is 4.42. The van der Waals surface area contributed by atoms with Crippen LogP contribution >= 0.6 is 0 Å². The molecule has 1 saturated heterocycles. The van der Waals surface area contributed by atoms with Gasteiger partial charge in [0.15, 0.2) is 0 Å². The van der Waals surface area contributed by atoms with Crippen LogP contribution in [0.3, 0.4) is 0 Å². The Hall–Kier alpha value is -2.69. The van der Waals surface area contributed by atoms with Gasteiger partial charge in [0.25, 0.3) is 0 Å². The molecule has 1 N–H and O–H groups in total. The van der Waals surface area contributed by atoms with E-state index in [1.807, 2.05) is 18.3 Å². The number of rotatable bonds is 2. The Balaban J connectivity index is 1.81. The van der Waals surface area contributed by atoms with Crippen molar-refractivity contribution in [1.29, 1.82) is 0 Å². The molecule has 0 bridgehead atoms. The number of fused-ring (bicyclic) bond motifs is 1. The summed E-state index contributed by atoms with van der Waals surface area (Å²) in [6, 6.07) is 10.3. The van der Waals surface area contributed by atoms with E-state index < -0.39 is 0 Å². The molecule has 2 aromatic heterocycles. The summed E-state index contributed by atoms with van der Waals surface area (Å²) in [7, 11) is 0. The average Bonchev–Trinajstić information content (AvgIpc) is 3.05. The van der Waals surface area contributed by atoms with Gasteiger partial charge in [-0.05, 0) is 42.7 Å². The molecule has 0 aliphatic carbocycles. The smallest absolute Gasteiger partial charge is 0.248 e. The first-order valence-electron chi connectivity index (χ1n) is 7.71. The summed E-state index contributed by atoms with van der Waals surface area (Å²) in [4.78, 5) is 20.5. The number of hydrogen-bond acceptors (Lipinski definition) is 3. The minimum atomic E-state index is -0.264. The maximum atomic E-state index is 14.6. The van der Waals surface area contributed by atoms with Gasteiger partial charge in [-0.3, -0.25) is 9.78 Å². The Morgan fingerprint density at radius 1 is 1.26 bits per heavy atom. The van der Waals surface area contributed by atoms with Gasteiger partial charge < -0.3 is 9.88 Å². The topological polar surface area (TPSA) is 49.0 Å². The molecule has 116 valence electrons. The van der Waals surface area contributed by atoms with E-state index in [1.54, 1.807) is 18.3 Å². The number of halogens is 1. The molecule has 23 heavy (non-hydrogen) atoms. The molecule has 1 aliphatic rings. The molecule has 0 amide bonds. The minimum absolute atomic E-state index is 0.117. The van der Waals surface area contributed by atoms with Gasteiger partial charge in [0, 0.05) is 30.4 Å². The van der Waals surface area contributed by atoms with Gasteiger partial charge in [0.2, 0.25) is 5.56 Å². The Morgan fingerprint density at radius 2 is 2.17 bits per heavy atom. The molecule has 1 aliphatic heterocycles. The number of H-pyrrole nitrogens is 1. The van der Waals surface area contributed by atoms with Crippen molar-refractivity contribution < 1.29 is 4.39 Å². The zero-order valence-corrected chi connectivity index (χ0v) is 12.5. The fraction of sp³-hybridized carbons (Fsp3) is 0.222. The second kappa shape index (κ2) is 5.50. The van der Waals surface area contributed by atoms with E-state index in [-0.39, 0.29) is 17.4 Å². The van der Waals surface area contributed by atoms with Crippen molar-refractivity contribution in [3.05, 3.63) is 70.5 Å². The van der Waals surface area contributed by atoms with E-state index in [2.05, 4.69) is 14.9 Å². The molecule has 5 heteroatoms. The summed E-state index contributed by atoms with van der Waals surface area (Å²) in [5, 5.41) is 0.697. The van der Waals surface area contributed by atoms with E-state index in [4.69, 9.17) is 0 Å². The van der Waals surface area contributed by atoms with Crippen molar-refractivity contribution in [2.75, 3.05) is 11.4 Å². The fourth-order valence-electron chi connectivity index (χ4n) is 3.36. The molecule has 1 aromatic carbocycles. The van der Waals surface area contributed by atoms with E-state index >= 15 is 0 Å². The summed E-state index contributed by atoms with van der Waals surface area (Å²) >= 11 is 0. The molecule has 0 spiro atoms. The molecule has 0 radical (unpaired) electrons. The second-order valence-corrected chi connectivity index (χ2v) is 5.85. The summed E-state index contributed by atoms with van der Waals surface area (Å²) in [5.74, 6) is -0.264. The van der Waals surface area contributed by atoms with Crippen LogP contribution in [0, 0.1) is 5.82 Å². The fourth-order valence-corrected chi connectivity index (χ4v) is 3.36. The zero-order valence-electron chi connectivity index (χ0n) is 12.5. The van der Waals surface area contributed by atoms with Gasteiger partial charge in [0.1, 0.15) is 5.82 Å². The number of nitrogens with zero attached hydrogens (tertiary/aromatic N) is 2. The molecule has 0 saturated carbocycles. The number of nitrogens with one attached hydrogen (secondary N) is 1. The molecular formula is C18H16FN3O. The van der Waals surface area contributed by atoms with Crippen LogP contribution in [0.4, 0.5) is 10.1 Å². The lowest BCUT2D eigenvalue weighted by Crippen LogP contribution is -2.23. The van der Waals surface area contributed by atoms with E-state index in [0.717, 1.165) is 24.9 Å². The molecule has 1 unspecified atom stereocenters. The first kappa shape index (κ1) is 13.9. The molecule has 3 heterocycles. The van der Waals surface area contributed by atoms with Crippen LogP contribution in [0.15, 0.2) is 53.6 Å². The standard InChI is InChI=1S/C18H16FN3O/c19-14-9-12-5-6-18(23)21-15(12)10-17(14)22-8-2-4-16(22)13-3-1-7-20-11-13/h1,3,5-7,9-11,16H,2,4,8H2,(H,21,23). The van der Waals surface area contributed by atoms with Crippen LogP contribution < -0.4 is 10.5 Å². The normalized spacial score (nSPS) is 17.8. The molecule has 4 nitrogen and oxygen atoms in total. The number of hydrogen-bond donors (Lipinski definition) is 1. The highest BCUT2D eigenvalue weighted by molar-refractivity contribution is 5.82. The Labute approximate surface area is 132 Å². The van der Waals surface area contributed by atoms with Crippen LogP contribution in [-0.4, -0.2) is 16.5 Å². The monoisotopic (exact) mass is 309 g/mol. The summed E-state index contributed by atoms with van der Waals surface area (Å²) in [5.41, 5.74) is 2.10. The Kier molecular flexibility index (Phi) is 3.33. The van der Waals surface area contributed by atoms with Crippen molar-refractivity contribution in [2.24, 2.45) is 0 Å². The summed E-state index contributed by atoms with van der Waals surface area (Å²) in [6.45, 7) is 0.791. The second-order valence-electron chi connectivity index (χ2n) is 5.85. The third-order valence-corrected chi connectivity index (χ3v) is 4.42. The predicted molar refractivity (Wildman–Crippen MR) is 88.1 cm³/mol. The number of aromatic amines is 1. The van der Waals surface area contributed by atoms with Crippen LogP contribution in [0.2, 0.25) is 0 Å². The lowest BCUT2D eigenvalue weighted by Gasteiger charge is -2.27. The molecular weight excluding hydrogens is 293 g/mol. The summed E-state index contributed by atoms with van der Waals surface area (Å²) in [6.07, 6.45) is 5.55. The predicted octanol–water partition coefficient (Wildman–Crippen LogP) is 3.40. The van der Waals surface area contributed by atoms with E-state index in [9.17, 15) is 9.18 Å². The lowest BCUT2D eigenvalue weighted by atomic mass is 10.1. The Morgan fingerprint density at radius 3 is 3.00 bits per heavy atom. The first-order chi connectivity index (χ1) is 11.2. The Bertz CT molecular complexity index is 907. The van der Waals surface area contributed by atoms with Gasteiger partial charge in [0.05, 0.1) is 17.2 Å². The van der Waals surface area contributed by atoms with Crippen molar-refractivity contribution in [3.8, 4) is 0 Å². The molecule has 4 rings (SSSR count). The van der Waals surface area contributed by atoms with E-state index in [0.29, 0.717) is 16.6 Å². The SMILES string of the molecule is O=c1ccc2cc(F)c(N3CCCC3c3cccnc3)cc2[nH]1. The van der Waals surface area contributed by atoms with Crippen LogP contribution in [-0.2, 0) is 0 Å². The molecule has 1 atom stereocenters. The van der Waals surface area contributed by atoms with Gasteiger partial charge in [-0.15, -0.1) is 0 Å². The highest BCUT2D eigenvalue weighted by Gasteiger charge is 2.28. The van der Waals surface area contributed by atoms with E-state index in [1.165, 1.54) is 12.1 Å². The summed E-state index contributed by atoms with van der Waals surface area (Å²) < 4.78 is 14.6. The largest absolute Gasteiger partial charge is 0.362 e. The van der Waals surface area contributed by atoms with Gasteiger partial charge in [-0.25, -0.2) is 4.39 Å². The highest BCUT2D eigenvalue weighted by Crippen LogP contribution is 2.38. The lowest BCUT2D eigenvalue weighted by molar-refractivity contribution is 0.613. The quantitative estimate of drug-likeness (QED) is 0.789. The minimum Gasteiger partial charge on any atom is -0.362 e. The van der Waals surface area contributed by atoms with Crippen LogP contribution in [0.25, 0.3) is 10.9 Å². The van der Waals surface area contributed by atoms with Gasteiger partial charge in [-0.1, -0.05) is 6.07 Å². The number of aromatic nitrogens is 2. The van der Waals surface area contributed by atoms with Crippen molar-refractivity contribution in [3.63, 3.8) is 0 Å². The number of benzene rings is 1. The van der Waals surface area contributed by atoms with Crippen LogP contribution in [0.1, 0.15) is 24.4 Å². The average molecular weight is 309 g/mol. The molecule has 1 fully saturated rings. The highest BCUT2D eigenvalue weighted by atomic mass is 19.1. The van der Waals surface area contributed by atoms with Gasteiger partial charge >= 0.3 is 0 Å². The maximum Gasteiger partial charge on any atom is 0.248 e. The van der Waals surface area contributed by atoms with Crippen LogP contribution in [0.5, 0.6) is 0 Å². The van der Waals surface area contributed by atoms with Crippen molar-refractivity contribution in [2.45, 2.75) is 18.9 Å². The third kappa shape index (κ3) is 2.48. The first-order valence-corrected chi connectivity index (χ1v) is 7.71. The van der Waals surface area contributed by atoms with Crippen molar-refractivity contribution >= 4 is 16.6 Å². The molecule has 3 aromatic rings. The number of anilines is 1. The van der Waals surface area contributed by atoms with Crippen molar-refractivity contribution in [1.82, 2.24) is 9.97 Å². The zero-order chi connectivity index (χ0) is 15.8.